The van der Waals surface area contributed by atoms with Crippen LogP contribution in [0.1, 0.15) is 63.7 Å². The molecule has 2 amide bonds. The Morgan fingerprint density at radius 1 is 1.27 bits per heavy atom. The summed E-state index contributed by atoms with van der Waals surface area (Å²) < 4.78 is 2.17. The molecule has 5 nitrogen and oxygen atoms in total. The average molecular weight is 304 g/mol. The predicted octanol–water partition coefficient (Wildman–Crippen LogP) is 3.42. The van der Waals surface area contributed by atoms with E-state index < -0.39 is 0 Å². The molecule has 2 heterocycles. The number of hydrogen-bond acceptors (Lipinski definition) is 2. The first-order valence-electron chi connectivity index (χ1n) is 8.76. The zero-order chi connectivity index (χ0) is 15.5. The molecule has 0 spiro atoms. The molecule has 0 aromatic carbocycles. The van der Waals surface area contributed by atoms with Crippen LogP contribution < -0.4 is 0 Å². The Labute approximate surface area is 133 Å². The summed E-state index contributed by atoms with van der Waals surface area (Å²) in [5, 5.41) is 0. The number of likely N-dealkylation sites (tertiary alicyclic amines) is 1. The number of carbonyl (C=O) groups is 1. The normalized spacial score (nSPS) is 23.0. The Morgan fingerprint density at radius 3 is 2.73 bits per heavy atom. The number of aromatic nitrogens is 2. The zero-order valence-electron chi connectivity index (χ0n) is 13.9. The third-order valence-electron chi connectivity index (χ3n) is 5.31. The molecule has 0 unspecified atom stereocenters. The van der Waals surface area contributed by atoms with Gasteiger partial charge in [0.05, 0.1) is 6.04 Å². The van der Waals surface area contributed by atoms with Gasteiger partial charge in [-0.05, 0) is 39.0 Å². The van der Waals surface area contributed by atoms with Crippen LogP contribution in [0.5, 0.6) is 0 Å². The maximum absolute atomic E-state index is 13.0. The van der Waals surface area contributed by atoms with Gasteiger partial charge in [-0.1, -0.05) is 12.8 Å². The van der Waals surface area contributed by atoms with Crippen molar-refractivity contribution in [2.45, 2.75) is 70.5 Å². The minimum absolute atomic E-state index is 0.139. The van der Waals surface area contributed by atoms with Gasteiger partial charge in [0.15, 0.2) is 0 Å². The third kappa shape index (κ3) is 2.85. The van der Waals surface area contributed by atoms with Crippen molar-refractivity contribution < 1.29 is 4.79 Å². The molecule has 0 bridgehead atoms. The van der Waals surface area contributed by atoms with E-state index in [0.29, 0.717) is 6.04 Å². The number of piperidine rings is 1. The zero-order valence-corrected chi connectivity index (χ0v) is 13.9. The molecule has 3 rings (SSSR count). The van der Waals surface area contributed by atoms with Crippen LogP contribution in [0.2, 0.25) is 0 Å². The van der Waals surface area contributed by atoms with E-state index in [-0.39, 0.29) is 12.1 Å². The highest BCUT2D eigenvalue weighted by atomic mass is 16.2. The van der Waals surface area contributed by atoms with E-state index in [1.54, 1.807) is 0 Å². The molecule has 1 aromatic heterocycles. The molecule has 1 aliphatic carbocycles. The van der Waals surface area contributed by atoms with E-state index in [4.69, 9.17) is 0 Å². The summed E-state index contributed by atoms with van der Waals surface area (Å²) in [5.74, 6) is 1.05. The lowest BCUT2D eigenvalue weighted by molar-refractivity contribution is 0.107. The molecule has 0 N–H and O–H groups in total. The molecular formula is C17H28N4O. The van der Waals surface area contributed by atoms with Crippen molar-refractivity contribution in [3.8, 4) is 0 Å². The molecule has 1 aromatic rings. The molecule has 2 fully saturated rings. The Hall–Kier alpha value is -1.52. The Balaban J connectivity index is 1.78. The summed E-state index contributed by atoms with van der Waals surface area (Å²) in [6.07, 6.45) is 12.0. The molecule has 1 aliphatic heterocycles. The van der Waals surface area contributed by atoms with Crippen molar-refractivity contribution in [1.82, 2.24) is 19.4 Å². The molecule has 22 heavy (non-hydrogen) atoms. The number of imidazole rings is 1. The van der Waals surface area contributed by atoms with Gasteiger partial charge in [0.2, 0.25) is 0 Å². The van der Waals surface area contributed by atoms with E-state index in [1.807, 2.05) is 24.3 Å². The number of nitrogens with zero attached hydrogens (tertiary/aromatic N) is 4. The van der Waals surface area contributed by atoms with Gasteiger partial charge in [-0.15, -0.1) is 0 Å². The molecule has 2 aliphatic rings. The molecule has 1 saturated carbocycles. The molecule has 1 atom stereocenters. The van der Waals surface area contributed by atoms with Crippen LogP contribution in [0.4, 0.5) is 4.79 Å². The quantitative estimate of drug-likeness (QED) is 0.858. The number of carbonyl (C=O) groups excluding carboxylic acids is 1. The maximum atomic E-state index is 13.0. The summed E-state index contributed by atoms with van der Waals surface area (Å²) in [7, 11) is 1.98. The van der Waals surface area contributed by atoms with E-state index in [2.05, 4.69) is 21.4 Å². The second-order valence-corrected chi connectivity index (χ2v) is 6.61. The Kier molecular flexibility index (Phi) is 4.69. The summed E-state index contributed by atoms with van der Waals surface area (Å²) >= 11 is 0. The van der Waals surface area contributed by atoms with Crippen molar-refractivity contribution in [1.29, 1.82) is 0 Å². The smallest absolute Gasteiger partial charge is 0.320 e. The van der Waals surface area contributed by atoms with Crippen LogP contribution in [0.3, 0.4) is 0 Å². The van der Waals surface area contributed by atoms with Crippen LogP contribution in [0.15, 0.2) is 12.4 Å². The van der Waals surface area contributed by atoms with Crippen molar-refractivity contribution >= 4 is 6.03 Å². The van der Waals surface area contributed by atoms with Crippen molar-refractivity contribution in [2.24, 2.45) is 0 Å². The summed E-state index contributed by atoms with van der Waals surface area (Å²) in [4.78, 5) is 21.6. The van der Waals surface area contributed by atoms with E-state index >= 15 is 0 Å². The van der Waals surface area contributed by atoms with Gasteiger partial charge >= 0.3 is 6.03 Å². The first-order valence-corrected chi connectivity index (χ1v) is 8.76. The summed E-state index contributed by atoms with van der Waals surface area (Å²) in [6.45, 7) is 3.90. The van der Waals surface area contributed by atoms with Gasteiger partial charge in [0, 0.05) is 38.6 Å². The van der Waals surface area contributed by atoms with Gasteiger partial charge in [-0.25, -0.2) is 9.78 Å². The summed E-state index contributed by atoms with van der Waals surface area (Å²) in [5.41, 5.74) is 0. The molecule has 122 valence electrons. The fraction of sp³-hybridized carbons (Fsp3) is 0.765. The molecular weight excluding hydrogens is 276 g/mol. The second-order valence-electron chi connectivity index (χ2n) is 6.61. The van der Waals surface area contributed by atoms with Crippen molar-refractivity contribution in [3.05, 3.63) is 18.2 Å². The average Bonchev–Trinajstić information content (AvgIpc) is 3.24. The van der Waals surface area contributed by atoms with Gasteiger partial charge in [-0.2, -0.15) is 0 Å². The number of amides is 2. The predicted molar refractivity (Wildman–Crippen MR) is 86.6 cm³/mol. The second kappa shape index (κ2) is 6.71. The van der Waals surface area contributed by atoms with Gasteiger partial charge in [0.1, 0.15) is 5.82 Å². The molecule has 5 heteroatoms. The summed E-state index contributed by atoms with van der Waals surface area (Å²) in [6, 6.07) is 0.767. The van der Waals surface area contributed by atoms with E-state index in [1.165, 1.54) is 19.3 Å². The minimum atomic E-state index is 0.139. The highest BCUT2D eigenvalue weighted by Gasteiger charge is 2.34. The lowest BCUT2D eigenvalue weighted by atomic mass is 10.0. The lowest BCUT2D eigenvalue weighted by Gasteiger charge is -2.39. The standard InChI is InChI=1S/C17H28N4O/c1-3-20-13-11-18-16(20)15-10-6-7-12-21(15)17(22)19(2)14-8-4-5-9-14/h11,13-15H,3-10,12H2,1-2H3/t15-/m0/s1. The van der Waals surface area contributed by atoms with Crippen LogP contribution in [0.25, 0.3) is 0 Å². The molecule has 1 saturated heterocycles. The lowest BCUT2D eigenvalue weighted by Crippen LogP contribution is -2.48. The minimum Gasteiger partial charge on any atom is -0.333 e. The number of aryl methyl sites for hydroxylation is 1. The number of rotatable bonds is 3. The fourth-order valence-electron chi connectivity index (χ4n) is 3.96. The van der Waals surface area contributed by atoms with Crippen LogP contribution in [0, 0.1) is 0 Å². The van der Waals surface area contributed by atoms with Gasteiger partial charge in [-0.3, -0.25) is 0 Å². The van der Waals surface area contributed by atoms with Crippen molar-refractivity contribution in [2.75, 3.05) is 13.6 Å². The first kappa shape index (κ1) is 15.4. The molecule has 0 radical (unpaired) electrons. The van der Waals surface area contributed by atoms with E-state index in [0.717, 1.165) is 44.6 Å². The maximum Gasteiger partial charge on any atom is 0.320 e. The fourth-order valence-corrected chi connectivity index (χ4v) is 3.96. The van der Waals surface area contributed by atoms with Gasteiger partial charge in [0.25, 0.3) is 0 Å². The monoisotopic (exact) mass is 304 g/mol. The van der Waals surface area contributed by atoms with Crippen molar-refractivity contribution in [3.63, 3.8) is 0 Å². The van der Waals surface area contributed by atoms with Gasteiger partial charge < -0.3 is 14.4 Å². The van der Waals surface area contributed by atoms with E-state index in [9.17, 15) is 4.79 Å². The topological polar surface area (TPSA) is 41.4 Å². The number of hydrogen-bond donors (Lipinski definition) is 0. The first-order chi connectivity index (χ1) is 10.7. The SMILES string of the molecule is CCn1ccnc1[C@@H]1CCCCN1C(=O)N(C)C1CCCC1. The highest BCUT2D eigenvalue weighted by molar-refractivity contribution is 5.75. The number of urea groups is 1. The highest BCUT2D eigenvalue weighted by Crippen LogP contribution is 2.32. The van der Waals surface area contributed by atoms with Crippen LogP contribution in [-0.4, -0.2) is 45.0 Å². The Morgan fingerprint density at radius 2 is 2.00 bits per heavy atom. The Bertz CT molecular complexity index is 507. The van der Waals surface area contributed by atoms with Crippen LogP contribution >= 0.6 is 0 Å². The largest absolute Gasteiger partial charge is 0.333 e. The third-order valence-corrected chi connectivity index (χ3v) is 5.31. The van der Waals surface area contributed by atoms with Crippen LogP contribution in [-0.2, 0) is 6.54 Å².